The Labute approximate surface area is 241 Å². The maximum absolute atomic E-state index is 13.0. The Hall–Kier alpha value is -3.73. The van der Waals surface area contributed by atoms with Gasteiger partial charge in [0.05, 0.1) is 4.21 Å². The Morgan fingerprint density at radius 3 is 2.88 bits per heavy atom. The Balaban J connectivity index is 1.32. The van der Waals surface area contributed by atoms with Crippen molar-refractivity contribution in [2.45, 2.75) is 15.6 Å². The van der Waals surface area contributed by atoms with Crippen LogP contribution >= 0.6 is 46.2 Å². The number of nitrogens with zero attached hydrogens (tertiary/aromatic N) is 3. The minimum absolute atomic E-state index is 0.0425. The van der Waals surface area contributed by atoms with Crippen LogP contribution in [0.1, 0.15) is 5.69 Å². The van der Waals surface area contributed by atoms with Crippen LogP contribution in [-0.4, -0.2) is 62.5 Å². The lowest BCUT2D eigenvalue weighted by Gasteiger charge is -2.49. The van der Waals surface area contributed by atoms with Gasteiger partial charge in [-0.1, -0.05) is 29.1 Å². The standard InChI is InChI=1S/C24H18FN5O6S4/c25-10-36-29-17(13-9-39-24(26)27-13)20(32)28-18-21(33)30-19(23(34)35)11(8-38-22(18)30)5-6-37-16-7-14(31)12-3-1-2-4-15(12)40-16/h1-7,9,18,22H,8,10H2,(H2,26,27)(H,28,32)(H,34,35)/t18?,22-/m1/s1. The van der Waals surface area contributed by atoms with Crippen LogP contribution in [-0.2, 0) is 19.2 Å². The van der Waals surface area contributed by atoms with Crippen molar-refractivity contribution in [3.63, 3.8) is 0 Å². The van der Waals surface area contributed by atoms with Crippen LogP contribution in [0.25, 0.3) is 10.1 Å². The quantitative estimate of drug-likeness (QED) is 0.140. The van der Waals surface area contributed by atoms with Gasteiger partial charge in [-0.15, -0.1) is 34.4 Å². The maximum atomic E-state index is 13.0. The smallest absolute Gasteiger partial charge is 0.352 e. The molecule has 0 radical (unpaired) electrons. The minimum Gasteiger partial charge on any atom is -0.477 e. The number of benzene rings is 1. The highest BCUT2D eigenvalue weighted by Crippen LogP contribution is 2.41. The van der Waals surface area contributed by atoms with Crippen LogP contribution in [0.15, 0.2) is 72.6 Å². The van der Waals surface area contributed by atoms with Crippen molar-refractivity contribution >= 4 is 84.9 Å². The number of carbonyl (C=O) groups is 3. The number of carbonyl (C=O) groups excluding carboxylic acids is 2. The number of carboxylic acid groups (broad SMARTS) is 1. The van der Waals surface area contributed by atoms with Crippen molar-refractivity contribution in [1.82, 2.24) is 15.2 Å². The lowest BCUT2D eigenvalue weighted by molar-refractivity contribution is -0.150. The van der Waals surface area contributed by atoms with Gasteiger partial charge in [-0.05, 0) is 29.2 Å². The molecule has 2 aliphatic rings. The number of β-lactam (4-membered cyclic amide) rings is 1. The van der Waals surface area contributed by atoms with Gasteiger partial charge in [0.2, 0.25) is 0 Å². The van der Waals surface area contributed by atoms with Gasteiger partial charge in [0.15, 0.2) is 16.3 Å². The molecule has 11 nitrogen and oxygen atoms in total. The van der Waals surface area contributed by atoms with Crippen molar-refractivity contribution in [2.24, 2.45) is 5.16 Å². The van der Waals surface area contributed by atoms with Gasteiger partial charge in [-0.3, -0.25) is 19.3 Å². The number of rotatable bonds is 9. The van der Waals surface area contributed by atoms with Gasteiger partial charge < -0.3 is 21.0 Å². The average molecular weight is 620 g/mol. The van der Waals surface area contributed by atoms with Crippen LogP contribution < -0.4 is 16.5 Å². The Bertz CT molecular complexity index is 1670. The van der Waals surface area contributed by atoms with E-state index in [2.05, 4.69) is 20.3 Å². The third-order valence-corrected chi connectivity index (χ3v) is 9.77. The van der Waals surface area contributed by atoms with E-state index in [0.29, 0.717) is 11.0 Å². The van der Waals surface area contributed by atoms with Crippen LogP contribution in [0, 0.1) is 0 Å². The number of allylic oxidation sites excluding steroid dienone is 1. The summed E-state index contributed by atoms with van der Waals surface area (Å²) in [6, 6.07) is 7.75. The molecule has 0 saturated carbocycles. The second-order valence-electron chi connectivity index (χ2n) is 8.14. The average Bonchev–Trinajstić information content (AvgIpc) is 3.37. The van der Waals surface area contributed by atoms with E-state index in [1.165, 1.54) is 46.3 Å². The van der Waals surface area contributed by atoms with Gasteiger partial charge >= 0.3 is 5.97 Å². The molecule has 16 heteroatoms. The maximum Gasteiger partial charge on any atom is 0.352 e. The molecule has 2 atom stereocenters. The molecule has 0 spiro atoms. The van der Waals surface area contributed by atoms with E-state index in [9.17, 15) is 28.7 Å². The second kappa shape index (κ2) is 11.8. The number of thioether (sulfide) groups is 2. The highest BCUT2D eigenvalue weighted by atomic mass is 32.2. The van der Waals surface area contributed by atoms with Gasteiger partial charge in [0, 0.05) is 27.3 Å². The van der Waals surface area contributed by atoms with E-state index in [0.717, 1.165) is 25.1 Å². The summed E-state index contributed by atoms with van der Waals surface area (Å²) in [7, 11) is 0. The van der Waals surface area contributed by atoms with E-state index in [4.69, 9.17) is 5.73 Å². The van der Waals surface area contributed by atoms with Crippen molar-refractivity contribution in [2.75, 3.05) is 18.3 Å². The van der Waals surface area contributed by atoms with Gasteiger partial charge in [-0.25, -0.2) is 14.2 Å². The van der Waals surface area contributed by atoms with E-state index in [-0.39, 0.29) is 33.4 Å². The molecule has 5 rings (SSSR count). The summed E-state index contributed by atoms with van der Waals surface area (Å²) >= 11 is 5.02. The van der Waals surface area contributed by atoms with Crippen molar-refractivity contribution in [1.29, 1.82) is 0 Å². The number of hydrogen-bond donors (Lipinski definition) is 3. The van der Waals surface area contributed by atoms with Crippen LogP contribution in [0.5, 0.6) is 0 Å². The summed E-state index contributed by atoms with van der Waals surface area (Å²) in [5, 5.41) is 19.1. The number of aromatic nitrogens is 1. The van der Waals surface area contributed by atoms with E-state index < -0.39 is 36.1 Å². The fourth-order valence-corrected chi connectivity index (χ4v) is 7.84. The fourth-order valence-electron chi connectivity index (χ4n) is 3.99. The number of aliphatic carboxylic acids is 1. The van der Waals surface area contributed by atoms with E-state index in [1.807, 2.05) is 12.1 Å². The number of nitrogens with one attached hydrogen (secondary N) is 1. The predicted octanol–water partition coefficient (Wildman–Crippen LogP) is 2.99. The molecule has 40 heavy (non-hydrogen) atoms. The highest BCUT2D eigenvalue weighted by molar-refractivity contribution is 8.04. The van der Waals surface area contributed by atoms with Crippen molar-refractivity contribution in [3.8, 4) is 0 Å². The first-order valence-electron chi connectivity index (χ1n) is 11.3. The summed E-state index contributed by atoms with van der Waals surface area (Å²) < 4.78 is 14.1. The van der Waals surface area contributed by atoms with Crippen molar-refractivity contribution in [3.05, 3.63) is 74.4 Å². The molecule has 2 aromatic heterocycles. The highest BCUT2D eigenvalue weighted by Gasteiger charge is 2.54. The second-order valence-corrected chi connectivity index (χ2v) is 12.4. The molecule has 2 aliphatic heterocycles. The molecular weight excluding hydrogens is 602 g/mol. The SMILES string of the molecule is Nc1nc(C(=NOCF)C(=O)NC2C(=O)N3C(C(=O)O)=C(C=CSc4cc(=O)c5ccccc5s4)CS[C@H]23)cs1. The number of alkyl halides is 1. The third-order valence-electron chi connectivity index (χ3n) is 5.74. The van der Waals surface area contributed by atoms with Crippen molar-refractivity contribution < 1.29 is 28.7 Å². The first kappa shape index (κ1) is 27.8. The monoisotopic (exact) mass is 619 g/mol. The minimum atomic E-state index is -1.29. The van der Waals surface area contributed by atoms with Gasteiger partial charge in [0.1, 0.15) is 22.8 Å². The molecule has 4 heterocycles. The van der Waals surface area contributed by atoms with Gasteiger partial charge in [-0.2, -0.15) is 0 Å². The molecule has 1 fully saturated rings. The zero-order chi connectivity index (χ0) is 28.4. The van der Waals surface area contributed by atoms with E-state index >= 15 is 0 Å². The predicted molar refractivity (Wildman–Crippen MR) is 153 cm³/mol. The number of hydrogen-bond acceptors (Lipinski definition) is 12. The Morgan fingerprint density at radius 1 is 1.35 bits per heavy atom. The van der Waals surface area contributed by atoms with Crippen LogP contribution in [0.2, 0.25) is 0 Å². The summed E-state index contributed by atoms with van der Waals surface area (Å²) in [5.74, 6) is -2.52. The number of nitrogens with two attached hydrogens (primary N) is 1. The molecule has 2 amide bonds. The molecule has 206 valence electrons. The number of nitrogen functional groups attached to an aromatic ring is 1. The molecule has 0 bridgehead atoms. The first-order valence-corrected chi connectivity index (χ1v) is 15.0. The molecule has 4 N–H and O–H groups in total. The lowest BCUT2D eigenvalue weighted by atomic mass is 10.0. The zero-order valence-corrected chi connectivity index (χ0v) is 23.4. The number of anilines is 1. The molecule has 1 aromatic carbocycles. The number of amides is 2. The van der Waals surface area contributed by atoms with Crippen LogP contribution in [0.3, 0.4) is 0 Å². The molecule has 1 unspecified atom stereocenters. The van der Waals surface area contributed by atoms with E-state index in [1.54, 1.807) is 23.6 Å². The third kappa shape index (κ3) is 5.47. The summed E-state index contributed by atoms with van der Waals surface area (Å²) in [5.41, 5.74) is 5.39. The molecular formula is C24H18FN5O6S4. The molecule has 1 saturated heterocycles. The number of thiazole rings is 1. The Kier molecular flexibility index (Phi) is 8.20. The Morgan fingerprint density at radius 2 is 2.15 bits per heavy atom. The summed E-state index contributed by atoms with van der Waals surface area (Å²) in [6.07, 6.45) is 1.61. The topological polar surface area (TPSA) is 164 Å². The number of halogens is 1. The fraction of sp³-hybridized carbons (Fsp3) is 0.167. The van der Waals surface area contributed by atoms with Crippen LogP contribution in [0.4, 0.5) is 9.52 Å². The number of carboxylic acids is 1. The molecule has 0 aliphatic carbocycles. The van der Waals surface area contributed by atoms with Gasteiger partial charge in [0.25, 0.3) is 18.7 Å². The first-order chi connectivity index (χ1) is 19.3. The zero-order valence-electron chi connectivity index (χ0n) is 20.1. The summed E-state index contributed by atoms with van der Waals surface area (Å²) in [4.78, 5) is 59.8. The number of fused-ring (bicyclic) bond motifs is 2. The normalized spacial score (nSPS) is 19.1. The molecule has 3 aromatic rings. The largest absolute Gasteiger partial charge is 0.477 e. The summed E-state index contributed by atoms with van der Waals surface area (Å²) in [6.45, 7) is -1.29. The lowest BCUT2D eigenvalue weighted by Crippen LogP contribution is -2.71. The number of oxime groups is 1.